The van der Waals surface area contributed by atoms with Crippen LogP contribution in [0.15, 0.2) is 11.6 Å². The van der Waals surface area contributed by atoms with Gasteiger partial charge in [0.1, 0.15) is 0 Å². The molecule has 0 bridgehead atoms. The van der Waals surface area contributed by atoms with Gasteiger partial charge < -0.3 is 14.7 Å². The second-order valence-electron chi connectivity index (χ2n) is 6.17. The number of carbonyl (C=O) groups is 2. The summed E-state index contributed by atoms with van der Waals surface area (Å²) < 4.78 is 0. The lowest BCUT2D eigenvalue weighted by molar-refractivity contribution is -0.136. The standard InChI is InChI=1S/C15H22N4O2S/c1-11(2)19-10-12(9-13(19)20)14(21)17-4-6-18(7-5-17)15-16-3-8-22-15/h3,8,11-12H,4-7,9-10H2,1-2H3/t12-/m0/s1. The van der Waals surface area contributed by atoms with Gasteiger partial charge in [-0.05, 0) is 13.8 Å². The summed E-state index contributed by atoms with van der Waals surface area (Å²) in [6, 6.07) is 0.173. The molecule has 1 atom stereocenters. The maximum Gasteiger partial charge on any atom is 0.228 e. The first kappa shape index (κ1) is 15.3. The lowest BCUT2D eigenvalue weighted by atomic mass is 10.1. The summed E-state index contributed by atoms with van der Waals surface area (Å²) >= 11 is 1.63. The van der Waals surface area contributed by atoms with Gasteiger partial charge in [0.25, 0.3) is 0 Å². The number of amides is 2. The van der Waals surface area contributed by atoms with Gasteiger partial charge in [-0.15, -0.1) is 11.3 Å². The minimum atomic E-state index is -0.165. The molecule has 1 aromatic rings. The minimum Gasteiger partial charge on any atom is -0.345 e. The summed E-state index contributed by atoms with van der Waals surface area (Å²) in [5.41, 5.74) is 0. The van der Waals surface area contributed by atoms with Crippen LogP contribution in [-0.2, 0) is 9.59 Å². The topological polar surface area (TPSA) is 56.8 Å². The molecule has 0 radical (unpaired) electrons. The van der Waals surface area contributed by atoms with Gasteiger partial charge >= 0.3 is 0 Å². The summed E-state index contributed by atoms with van der Waals surface area (Å²) in [7, 11) is 0. The molecule has 2 saturated heterocycles. The van der Waals surface area contributed by atoms with Crippen molar-refractivity contribution in [3.05, 3.63) is 11.6 Å². The first-order chi connectivity index (χ1) is 10.6. The van der Waals surface area contributed by atoms with Crippen molar-refractivity contribution in [2.24, 2.45) is 5.92 Å². The van der Waals surface area contributed by atoms with E-state index in [-0.39, 0.29) is 23.8 Å². The lowest BCUT2D eigenvalue weighted by Gasteiger charge is -2.35. The van der Waals surface area contributed by atoms with Gasteiger partial charge in [-0.1, -0.05) is 0 Å². The Balaban J connectivity index is 1.55. The van der Waals surface area contributed by atoms with Crippen molar-refractivity contribution in [1.29, 1.82) is 0 Å². The molecule has 3 heterocycles. The molecule has 120 valence electrons. The van der Waals surface area contributed by atoms with E-state index >= 15 is 0 Å². The fourth-order valence-corrected chi connectivity index (χ4v) is 3.84. The lowest BCUT2D eigenvalue weighted by Crippen LogP contribution is -2.50. The Hall–Kier alpha value is -1.63. The molecular formula is C15H22N4O2S. The van der Waals surface area contributed by atoms with Crippen LogP contribution in [0, 0.1) is 5.92 Å². The monoisotopic (exact) mass is 322 g/mol. The van der Waals surface area contributed by atoms with Crippen molar-refractivity contribution < 1.29 is 9.59 Å². The van der Waals surface area contributed by atoms with E-state index < -0.39 is 0 Å². The van der Waals surface area contributed by atoms with Crippen LogP contribution >= 0.6 is 11.3 Å². The Kier molecular flexibility index (Phi) is 4.33. The van der Waals surface area contributed by atoms with Crippen LogP contribution in [0.4, 0.5) is 5.13 Å². The van der Waals surface area contributed by atoms with Crippen LogP contribution in [0.3, 0.4) is 0 Å². The fraction of sp³-hybridized carbons (Fsp3) is 0.667. The number of piperazine rings is 1. The molecular weight excluding hydrogens is 300 g/mol. The number of rotatable bonds is 3. The Morgan fingerprint density at radius 1 is 1.32 bits per heavy atom. The number of thiazole rings is 1. The van der Waals surface area contributed by atoms with Crippen molar-refractivity contribution in [2.75, 3.05) is 37.6 Å². The highest BCUT2D eigenvalue weighted by Crippen LogP contribution is 2.24. The van der Waals surface area contributed by atoms with E-state index in [1.165, 1.54) is 0 Å². The highest BCUT2D eigenvalue weighted by molar-refractivity contribution is 7.13. The van der Waals surface area contributed by atoms with E-state index in [2.05, 4.69) is 9.88 Å². The van der Waals surface area contributed by atoms with Crippen LogP contribution in [-0.4, -0.2) is 65.4 Å². The zero-order valence-corrected chi connectivity index (χ0v) is 13.9. The molecule has 3 rings (SSSR count). The van der Waals surface area contributed by atoms with E-state index in [0.717, 1.165) is 18.2 Å². The van der Waals surface area contributed by atoms with Crippen molar-refractivity contribution in [3.63, 3.8) is 0 Å². The molecule has 0 saturated carbocycles. The van der Waals surface area contributed by atoms with Crippen LogP contribution in [0.1, 0.15) is 20.3 Å². The van der Waals surface area contributed by atoms with Gasteiger partial charge in [-0.25, -0.2) is 4.98 Å². The molecule has 0 unspecified atom stereocenters. The molecule has 0 spiro atoms. The third-order valence-corrected chi connectivity index (χ3v) is 5.24. The van der Waals surface area contributed by atoms with Gasteiger partial charge in [0.05, 0.1) is 5.92 Å². The van der Waals surface area contributed by atoms with E-state index in [9.17, 15) is 9.59 Å². The van der Waals surface area contributed by atoms with Crippen molar-refractivity contribution in [2.45, 2.75) is 26.3 Å². The van der Waals surface area contributed by atoms with Gasteiger partial charge in [-0.2, -0.15) is 0 Å². The maximum absolute atomic E-state index is 12.6. The molecule has 2 fully saturated rings. The van der Waals surface area contributed by atoms with E-state index in [4.69, 9.17) is 0 Å². The highest BCUT2D eigenvalue weighted by Gasteiger charge is 2.38. The van der Waals surface area contributed by atoms with E-state index in [0.29, 0.717) is 26.1 Å². The zero-order valence-electron chi connectivity index (χ0n) is 13.1. The molecule has 0 aromatic carbocycles. The van der Waals surface area contributed by atoms with Crippen molar-refractivity contribution in [1.82, 2.24) is 14.8 Å². The predicted molar refractivity (Wildman–Crippen MR) is 85.9 cm³/mol. The number of nitrogens with zero attached hydrogens (tertiary/aromatic N) is 4. The third-order valence-electron chi connectivity index (χ3n) is 4.41. The second kappa shape index (κ2) is 6.24. The quantitative estimate of drug-likeness (QED) is 0.835. The minimum absolute atomic E-state index is 0.106. The zero-order chi connectivity index (χ0) is 15.7. The van der Waals surface area contributed by atoms with E-state index in [1.54, 1.807) is 11.3 Å². The summed E-state index contributed by atoms with van der Waals surface area (Å²) in [5.74, 6) is 0.0753. The average Bonchev–Trinajstić information content (AvgIpc) is 3.16. The summed E-state index contributed by atoms with van der Waals surface area (Å²) in [6.07, 6.45) is 2.17. The largest absolute Gasteiger partial charge is 0.345 e. The van der Waals surface area contributed by atoms with Crippen LogP contribution in [0.25, 0.3) is 0 Å². The smallest absolute Gasteiger partial charge is 0.228 e. The van der Waals surface area contributed by atoms with Gasteiger partial charge in [0.2, 0.25) is 11.8 Å². The summed E-state index contributed by atoms with van der Waals surface area (Å²) in [5, 5.41) is 2.99. The normalized spacial score (nSPS) is 22.8. The SMILES string of the molecule is CC(C)N1C[C@@H](C(=O)N2CCN(c3nccs3)CC2)CC1=O. The fourth-order valence-electron chi connectivity index (χ4n) is 3.14. The Bertz CT molecular complexity index is 538. The Morgan fingerprint density at radius 3 is 2.59 bits per heavy atom. The Morgan fingerprint density at radius 2 is 2.05 bits per heavy atom. The maximum atomic E-state index is 12.6. The third kappa shape index (κ3) is 2.95. The van der Waals surface area contributed by atoms with Gasteiger partial charge in [0, 0.05) is 56.8 Å². The molecule has 0 N–H and O–H groups in total. The van der Waals surface area contributed by atoms with Crippen LogP contribution in [0.2, 0.25) is 0 Å². The number of aromatic nitrogens is 1. The molecule has 0 aliphatic carbocycles. The molecule has 22 heavy (non-hydrogen) atoms. The van der Waals surface area contributed by atoms with Crippen molar-refractivity contribution >= 4 is 28.3 Å². The summed E-state index contributed by atoms with van der Waals surface area (Å²) in [6.45, 7) is 7.62. The second-order valence-corrected chi connectivity index (χ2v) is 7.04. The van der Waals surface area contributed by atoms with Crippen molar-refractivity contribution in [3.8, 4) is 0 Å². The first-order valence-electron chi connectivity index (χ1n) is 7.79. The number of carbonyl (C=O) groups excluding carboxylic acids is 2. The molecule has 1 aromatic heterocycles. The molecule has 2 aliphatic rings. The molecule has 2 aliphatic heterocycles. The van der Waals surface area contributed by atoms with Gasteiger partial charge in [-0.3, -0.25) is 9.59 Å². The number of hydrogen-bond acceptors (Lipinski definition) is 5. The number of hydrogen-bond donors (Lipinski definition) is 0. The predicted octanol–water partition coefficient (Wildman–Crippen LogP) is 1.05. The Labute approximate surface area is 134 Å². The average molecular weight is 322 g/mol. The van der Waals surface area contributed by atoms with Crippen LogP contribution < -0.4 is 4.90 Å². The molecule has 2 amide bonds. The number of likely N-dealkylation sites (tertiary alicyclic amines) is 1. The number of anilines is 1. The van der Waals surface area contributed by atoms with Gasteiger partial charge in [0.15, 0.2) is 5.13 Å². The van der Waals surface area contributed by atoms with Crippen LogP contribution in [0.5, 0.6) is 0 Å². The first-order valence-corrected chi connectivity index (χ1v) is 8.67. The highest BCUT2D eigenvalue weighted by atomic mass is 32.1. The summed E-state index contributed by atoms with van der Waals surface area (Å²) in [4.78, 5) is 34.8. The molecule has 7 heteroatoms. The van der Waals surface area contributed by atoms with E-state index in [1.807, 2.05) is 35.2 Å². The molecule has 6 nitrogen and oxygen atoms in total.